The highest BCUT2D eigenvalue weighted by atomic mass is 35.5. The van der Waals surface area contributed by atoms with Gasteiger partial charge < -0.3 is 10.4 Å². The highest BCUT2D eigenvalue weighted by Crippen LogP contribution is 2.33. The zero-order chi connectivity index (χ0) is 14.1. The van der Waals surface area contributed by atoms with Gasteiger partial charge in [-0.3, -0.25) is 0 Å². The van der Waals surface area contributed by atoms with Gasteiger partial charge in [0.2, 0.25) is 0 Å². The van der Waals surface area contributed by atoms with Crippen LogP contribution in [0.4, 0.5) is 5.69 Å². The second-order valence-corrected chi connectivity index (χ2v) is 5.86. The van der Waals surface area contributed by atoms with Gasteiger partial charge in [-0.15, -0.1) is 0 Å². The number of aliphatic hydroxyl groups excluding tert-OH is 1. The van der Waals surface area contributed by atoms with Crippen LogP contribution in [0.15, 0.2) is 36.4 Å². The number of aliphatic hydroxyl groups is 1. The molecule has 0 amide bonds. The number of benzene rings is 2. The highest BCUT2D eigenvalue weighted by Gasteiger charge is 2.19. The summed E-state index contributed by atoms with van der Waals surface area (Å²) >= 11 is 12.1. The molecule has 1 aliphatic rings. The van der Waals surface area contributed by atoms with E-state index < -0.39 is 6.10 Å². The third-order valence-electron chi connectivity index (χ3n) is 3.67. The molecule has 0 spiro atoms. The van der Waals surface area contributed by atoms with E-state index in [4.69, 9.17) is 23.2 Å². The maximum absolute atomic E-state index is 10.5. The van der Waals surface area contributed by atoms with Crippen LogP contribution in [0.2, 0.25) is 10.0 Å². The zero-order valence-electron chi connectivity index (χ0n) is 10.9. The molecule has 2 aromatic carbocycles. The second-order valence-electron chi connectivity index (χ2n) is 5.01. The van der Waals surface area contributed by atoms with Crippen molar-refractivity contribution in [1.82, 2.24) is 0 Å². The van der Waals surface area contributed by atoms with Crippen LogP contribution < -0.4 is 5.32 Å². The molecule has 0 saturated carbocycles. The number of para-hydroxylation sites is 1. The summed E-state index contributed by atoms with van der Waals surface area (Å²) in [6.07, 6.45) is 0.917. The van der Waals surface area contributed by atoms with Crippen molar-refractivity contribution in [3.63, 3.8) is 0 Å². The molecule has 2 N–H and O–H groups in total. The van der Waals surface area contributed by atoms with Gasteiger partial charge in [-0.1, -0.05) is 47.5 Å². The zero-order valence-corrected chi connectivity index (χ0v) is 12.4. The van der Waals surface area contributed by atoms with E-state index in [2.05, 4.69) is 11.4 Å². The summed E-state index contributed by atoms with van der Waals surface area (Å²) in [4.78, 5) is 0. The van der Waals surface area contributed by atoms with Gasteiger partial charge in [-0.05, 0) is 29.7 Å². The first kappa shape index (κ1) is 13.7. The van der Waals surface area contributed by atoms with Crippen LogP contribution in [0.3, 0.4) is 0 Å². The molecule has 3 rings (SSSR count). The SMILES string of the molecule is OC(Cc1ccc(Cl)cc1Cl)c1cccc2c1NCC2. The number of rotatable bonds is 3. The molecule has 2 nitrogen and oxygen atoms in total. The molecule has 1 unspecified atom stereocenters. The van der Waals surface area contributed by atoms with Crippen LogP contribution in [0, 0.1) is 0 Å². The monoisotopic (exact) mass is 307 g/mol. The minimum Gasteiger partial charge on any atom is -0.388 e. The third-order valence-corrected chi connectivity index (χ3v) is 4.25. The van der Waals surface area contributed by atoms with Crippen LogP contribution in [-0.2, 0) is 12.8 Å². The number of hydrogen-bond donors (Lipinski definition) is 2. The molecular weight excluding hydrogens is 293 g/mol. The summed E-state index contributed by atoms with van der Waals surface area (Å²) in [7, 11) is 0. The molecule has 0 radical (unpaired) electrons. The predicted molar refractivity (Wildman–Crippen MR) is 83.8 cm³/mol. The van der Waals surface area contributed by atoms with E-state index in [9.17, 15) is 5.11 Å². The molecule has 1 heterocycles. The maximum Gasteiger partial charge on any atom is 0.0850 e. The minimum absolute atomic E-state index is 0.480. The molecule has 20 heavy (non-hydrogen) atoms. The standard InChI is InChI=1S/C16H15Cl2NO/c17-12-5-4-11(14(18)9-12)8-15(20)13-3-1-2-10-6-7-19-16(10)13/h1-5,9,15,19-20H,6-8H2. The Balaban J connectivity index is 1.86. The fourth-order valence-corrected chi connectivity index (χ4v) is 3.13. The van der Waals surface area contributed by atoms with E-state index in [1.807, 2.05) is 18.2 Å². The lowest BCUT2D eigenvalue weighted by molar-refractivity contribution is 0.179. The summed E-state index contributed by atoms with van der Waals surface area (Å²) in [6.45, 7) is 0.931. The second kappa shape index (κ2) is 5.65. The van der Waals surface area contributed by atoms with Crippen molar-refractivity contribution >= 4 is 28.9 Å². The van der Waals surface area contributed by atoms with E-state index in [0.29, 0.717) is 16.5 Å². The van der Waals surface area contributed by atoms with Gasteiger partial charge in [0.05, 0.1) is 6.10 Å². The molecule has 2 aromatic rings. The van der Waals surface area contributed by atoms with Gasteiger partial charge in [-0.25, -0.2) is 0 Å². The van der Waals surface area contributed by atoms with Crippen molar-refractivity contribution in [2.75, 3.05) is 11.9 Å². The Morgan fingerprint density at radius 3 is 2.85 bits per heavy atom. The molecule has 0 bridgehead atoms. The van der Waals surface area contributed by atoms with Gasteiger partial charge in [0, 0.05) is 34.3 Å². The van der Waals surface area contributed by atoms with Crippen molar-refractivity contribution in [2.45, 2.75) is 18.9 Å². The molecule has 0 fully saturated rings. The summed E-state index contributed by atoms with van der Waals surface area (Å²) in [5.74, 6) is 0. The van der Waals surface area contributed by atoms with Crippen LogP contribution in [0.5, 0.6) is 0 Å². The van der Waals surface area contributed by atoms with E-state index in [0.717, 1.165) is 29.8 Å². The molecule has 0 aromatic heterocycles. The average Bonchev–Trinajstić information content (AvgIpc) is 2.90. The molecule has 0 saturated heterocycles. The quantitative estimate of drug-likeness (QED) is 0.889. The molecule has 104 valence electrons. The normalized spacial score (nSPS) is 14.8. The lowest BCUT2D eigenvalue weighted by atomic mass is 9.98. The van der Waals surface area contributed by atoms with Crippen LogP contribution >= 0.6 is 23.2 Å². The van der Waals surface area contributed by atoms with Crippen molar-refractivity contribution in [3.05, 3.63) is 63.1 Å². The van der Waals surface area contributed by atoms with Crippen molar-refractivity contribution in [3.8, 4) is 0 Å². The molecule has 0 aliphatic carbocycles. The first-order chi connectivity index (χ1) is 9.65. The van der Waals surface area contributed by atoms with Crippen molar-refractivity contribution in [1.29, 1.82) is 0 Å². The Labute approximate surface area is 128 Å². The topological polar surface area (TPSA) is 32.3 Å². The van der Waals surface area contributed by atoms with E-state index in [-0.39, 0.29) is 0 Å². The Kier molecular flexibility index (Phi) is 3.88. The third kappa shape index (κ3) is 2.64. The summed E-state index contributed by atoms with van der Waals surface area (Å²) in [5.41, 5.74) is 4.18. The smallest absolute Gasteiger partial charge is 0.0850 e. The van der Waals surface area contributed by atoms with Gasteiger partial charge in [-0.2, -0.15) is 0 Å². The Hall–Kier alpha value is -1.22. The average molecular weight is 308 g/mol. The lowest BCUT2D eigenvalue weighted by Crippen LogP contribution is -2.05. The lowest BCUT2D eigenvalue weighted by Gasteiger charge is -2.16. The first-order valence-electron chi connectivity index (χ1n) is 6.63. The molecular formula is C16H15Cl2NO. The summed E-state index contributed by atoms with van der Waals surface area (Å²) < 4.78 is 0. The molecule has 4 heteroatoms. The largest absolute Gasteiger partial charge is 0.388 e. The number of halogens is 2. The highest BCUT2D eigenvalue weighted by molar-refractivity contribution is 6.35. The Bertz CT molecular complexity index is 642. The number of anilines is 1. The van der Waals surface area contributed by atoms with E-state index >= 15 is 0 Å². The van der Waals surface area contributed by atoms with Crippen molar-refractivity contribution in [2.24, 2.45) is 0 Å². The number of fused-ring (bicyclic) bond motifs is 1. The minimum atomic E-state index is -0.575. The van der Waals surface area contributed by atoms with Crippen LogP contribution in [0.1, 0.15) is 22.8 Å². The number of hydrogen-bond acceptors (Lipinski definition) is 2. The summed E-state index contributed by atoms with van der Waals surface area (Å²) in [5, 5.41) is 15.0. The fourth-order valence-electron chi connectivity index (χ4n) is 2.65. The fraction of sp³-hybridized carbons (Fsp3) is 0.250. The Morgan fingerprint density at radius 1 is 1.20 bits per heavy atom. The summed E-state index contributed by atoms with van der Waals surface area (Å²) in [6, 6.07) is 11.4. The Morgan fingerprint density at radius 2 is 2.05 bits per heavy atom. The first-order valence-corrected chi connectivity index (χ1v) is 7.38. The molecule has 1 aliphatic heterocycles. The van der Waals surface area contributed by atoms with Crippen LogP contribution in [0.25, 0.3) is 0 Å². The van der Waals surface area contributed by atoms with Crippen LogP contribution in [-0.4, -0.2) is 11.7 Å². The van der Waals surface area contributed by atoms with Gasteiger partial charge in [0.15, 0.2) is 0 Å². The van der Waals surface area contributed by atoms with E-state index in [1.165, 1.54) is 5.56 Å². The van der Waals surface area contributed by atoms with Gasteiger partial charge in [0.1, 0.15) is 0 Å². The molecule has 1 atom stereocenters. The van der Waals surface area contributed by atoms with E-state index in [1.54, 1.807) is 12.1 Å². The maximum atomic E-state index is 10.5. The predicted octanol–water partition coefficient (Wildman–Crippen LogP) is 4.24. The van der Waals surface area contributed by atoms with Gasteiger partial charge in [0.25, 0.3) is 0 Å². The van der Waals surface area contributed by atoms with Crippen molar-refractivity contribution < 1.29 is 5.11 Å². The van der Waals surface area contributed by atoms with Gasteiger partial charge >= 0.3 is 0 Å². The number of nitrogens with one attached hydrogen (secondary N) is 1.